The van der Waals surface area contributed by atoms with Crippen LogP contribution in [0.1, 0.15) is 46.1 Å². The number of amides is 1. The van der Waals surface area contributed by atoms with Crippen LogP contribution in [0.2, 0.25) is 0 Å². The summed E-state index contributed by atoms with van der Waals surface area (Å²) in [5.41, 5.74) is 1.03. The van der Waals surface area contributed by atoms with Crippen LogP contribution in [0.5, 0.6) is 5.75 Å². The number of nitrogens with zero attached hydrogens (tertiary/aromatic N) is 4. The number of carbonyl (C=O) groups is 1. The van der Waals surface area contributed by atoms with E-state index in [0.717, 1.165) is 18.4 Å². The first-order valence-corrected chi connectivity index (χ1v) is 13.8. The van der Waals surface area contributed by atoms with Crippen molar-refractivity contribution >= 4 is 22.0 Å². The lowest BCUT2D eigenvalue weighted by atomic mass is 10.2. The van der Waals surface area contributed by atoms with E-state index in [1.165, 1.54) is 8.99 Å². The molecule has 1 saturated heterocycles. The summed E-state index contributed by atoms with van der Waals surface area (Å²) in [7, 11) is -4.08. The van der Waals surface area contributed by atoms with Crippen molar-refractivity contribution in [1.29, 1.82) is 0 Å². The van der Waals surface area contributed by atoms with Gasteiger partial charge < -0.3 is 14.4 Å². The van der Waals surface area contributed by atoms with E-state index in [1.54, 1.807) is 27.0 Å². The van der Waals surface area contributed by atoms with Crippen molar-refractivity contribution in [3.8, 4) is 11.4 Å². The molecule has 1 aliphatic heterocycles. The summed E-state index contributed by atoms with van der Waals surface area (Å²) >= 11 is 0. The number of carbonyl (C=O) groups excluding carboxylic acids is 1. The zero-order valence-electron chi connectivity index (χ0n) is 22.0. The fraction of sp³-hybridized carbons (Fsp3) is 0.560. The number of benzene rings is 1. The summed E-state index contributed by atoms with van der Waals surface area (Å²) in [5.74, 6) is 0.202. The lowest BCUT2D eigenvalue weighted by Crippen LogP contribution is -2.53. The minimum atomic E-state index is -4.08. The quantitative estimate of drug-likeness (QED) is 0.576. The molecule has 202 valence electrons. The van der Waals surface area contributed by atoms with E-state index in [9.17, 15) is 18.0 Å². The molecular weight excluding hydrogens is 498 g/mol. The van der Waals surface area contributed by atoms with E-state index in [-0.39, 0.29) is 29.8 Å². The highest BCUT2D eigenvalue weighted by molar-refractivity contribution is 7.87. The molecule has 2 aromatic rings. The highest BCUT2D eigenvalue weighted by Crippen LogP contribution is 2.45. The molecule has 0 atom stereocenters. The van der Waals surface area contributed by atoms with Gasteiger partial charge in [0.1, 0.15) is 11.3 Å². The smallest absolute Gasteiger partial charge is 0.422 e. The van der Waals surface area contributed by atoms with Crippen LogP contribution in [0, 0.1) is 12.3 Å². The van der Waals surface area contributed by atoms with Crippen molar-refractivity contribution < 1.29 is 22.7 Å². The second-order valence-corrected chi connectivity index (χ2v) is 12.7. The summed E-state index contributed by atoms with van der Waals surface area (Å²) in [6.45, 7) is 10.2. The zero-order chi connectivity index (χ0) is 27.0. The highest BCUT2D eigenvalue weighted by atomic mass is 32.2. The molecule has 1 aromatic heterocycles. The molecule has 0 bridgehead atoms. The van der Waals surface area contributed by atoms with Gasteiger partial charge in [0.2, 0.25) is 5.75 Å². The van der Waals surface area contributed by atoms with Crippen LogP contribution < -0.4 is 19.9 Å². The summed E-state index contributed by atoms with van der Waals surface area (Å²) in [4.78, 5) is 27.4. The molecule has 2 heterocycles. The van der Waals surface area contributed by atoms with Crippen LogP contribution in [0.25, 0.3) is 5.69 Å². The average Bonchev–Trinajstić information content (AvgIpc) is 3.53. The van der Waals surface area contributed by atoms with E-state index in [2.05, 4.69) is 12.0 Å². The number of aryl methyl sites for hydroxylation is 1. The van der Waals surface area contributed by atoms with Gasteiger partial charge in [-0.05, 0) is 58.2 Å². The number of aromatic nitrogens is 2. The maximum absolute atomic E-state index is 13.5. The van der Waals surface area contributed by atoms with Crippen molar-refractivity contribution in [3.63, 3.8) is 0 Å². The fourth-order valence-electron chi connectivity index (χ4n) is 3.98. The summed E-state index contributed by atoms with van der Waals surface area (Å²) in [6.07, 6.45) is 2.65. The molecule has 0 spiro atoms. The van der Waals surface area contributed by atoms with Crippen LogP contribution in [0.15, 0.2) is 35.3 Å². The number of nitrogens with one attached hydrogen (secondary N) is 1. The molecule has 2 aliphatic rings. The lowest BCUT2D eigenvalue weighted by Gasteiger charge is -2.35. The van der Waals surface area contributed by atoms with Crippen molar-refractivity contribution in [1.82, 2.24) is 18.8 Å². The van der Waals surface area contributed by atoms with E-state index < -0.39 is 21.9 Å². The Balaban J connectivity index is 1.53. The van der Waals surface area contributed by atoms with Gasteiger partial charge in [0, 0.05) is 31.6 Å². The fourth-order valence-corrected chi connectivity index (χ4v) is 5.00. The van der Waals surface area contributed by atoms with Gasteiger partial charge in [0.15, 0.2) is 0 Å². The standard InChI is InChI=1S/C25H35N5O6S/c1-18-7-6-8-19(15-18)30-22(31)21(35-17-25(5)9-10-25)20(16-26-30)28-11-13-29(14-12-28)37(33,34)27-23(32)36-24(2,3)4/h6-8,15-16H,9-14,17H2,1-5H3,(H,27,32). The Kier molecular flexibility index (Phi) is 7.26. The Morgan fingerprint density at radius 3 is 2.43 bits per heavy atom. The Bertz CT molecular complexity index is 1320. The van der Waals surface area contributed by atoms with Crippen LogP contribution in [0.4, 0.5) is 10.5 Å². The number of rotatable bonds is 7. The first kappa shape index (κ1) is 26.9. The second kappa shape index (κ2) is 9.97. The van der Waals surface area contributed by atoms with Gasteiger partial charge in [-0.1, -0.05) is 19.1 Å². The number of hydrogen-bond donors (Lipinski definition) is 1. The number of piperazine rings is 1. The average molecular weight is 534 g/mol. The number of ether oxygens (including phenoxy) is 2. The minimum Gasteiger partial charge on any atom is -0.486 e. The molecule has 1 amide bonds. The van der Waals surface area contributed by atoms with Crippen LogP contribution >= 0.6 is 0 Å². The SMILES string of the molecule is Cc1cccc(-n2ncc(N3CCN(S(=O)(=O)NC(=O)OC(C)(C)C)CC3)c(OCC3(C)CC3)c2=O)c1. The third-order valence-electron chi connectivity index (χ3n) is 6.36. The van der Waals surface area contributed by atoms with Crippen LogP contribution in [0.3, 0.4) is 0 Å². The molecule has 1 aromatic carbocycles. The highest BCUT2D eigenvalue weighted by Gasteiger charge is 2.39. The molecule has 0 unspecified atom stereocenters. The van der Waals surface area contributed by atoms with Gasteiger partial charge in [-0.2, -0.15) is 22.5 Å². The Morgan fingerprint density at radius 2 is 1.84 bits per heavy atom. The topological polar surface area (TPSA) is 123 Å². The molecule has 4 rings (SSSR count). The Hall–Kier alpha value is -3.12. The largest absolute Gasteiger partial charge is 0.486 e. The van der Waals surface area contributed by atoms with Gasteiger partial charge in [-0.25, -0.2) is 9.52 Å². The van der Waals surface area contributed by atoms with Crippen molar-refractivity contribution in [2.45, 2.75) is 53.1 Å². The molecule has 11 nitrogen and oxygen atoms in total. The molecule has 1 saturated carbocycles. The first-order chi connectivity index (χ1) is 17.3. The summed E-state index contributed by atoms with van der Waals surface area (Å²) in [5, 5.41) is 4.40. The van der Waals surface area contributed by atoms with Crippen molar-refractivity contribution in [2.75, 3.05) is 37.7 Å². The Morgan fingerprint density at radius 1 is 1.16 bits per heavy atom. The van der Waals surface area contributed by atoms with Crippen molar-refractivity contribution in [3.05, 3.63) is 46.4 Å². The van der Waals surface area contributed by atoms with Gasteiger partial charge >= 0.3 is 21.9 Å². The summed E-state index contributed by atoms with van der Waals surface area (Å²) in [6, 6.07) is 7.50. The van der Waals surface area contributed by atoms with E-state index in [4.69, 9.17) is 9.47 Å². The third kappa shape index (κ3) is 6.61. The maximum atomic E-state index is 13.5. The first-order valence-electron chi connectivity index (χ1n) is 12.3. The third-order valence-corrected chi connectivity index (χ3v) is 7.83. The zero-order valence-corrected chi connectivity index (χ0v) is 22.8. The van der Waals surface area contributed by atoms with Gasteiger partial charge in [0.25, 0.3) is 0 Å². The molecule has 1 N–H and O–H groups in total. The van der Waals surface area contributed by atoms with Crippen LogP contribution in [-0.2, 0) is 14.9 Å². The number of hydrogen-bond acceptors (Lipinski definition) is 8. The van der Waals surface area contributed by atoms with Gasteiger partial charge in [0.05, 0.1) is 18.5 Å². The van der Waals surface area contributed by atoms with Crippen LogP contribution in [-0.4, -0.2) is 67.0 Å². The molecule has 12 heteroatoms. The second-order valence-electron chi connectivity index (χ2n) is 11.0. The molecule has 2 fully saturated rings. The molecule has 37 heavy (non-hydrogen) atoms. The predicted molar refractivity (Wildman–Crippen MR) is 139 cm³/mol. The normalized spacial score (nSPS) is 17.8. The van der Waals surface area contributed by atoms with E-state index >= 15 is 0 Å². The van der Waals surface area contributed by atoms with Gasteiger partial charge in [-0.3, -0.25) is 4.79 Å². The monoisotopic (exact) mass is 533 g/mol. The number of anilines is 1. The van der Waals surface area contributed by atoms with Gasteiger partial charge in [-0.15, -0.1) is 0 Å². The van der Waals surface area contributed by atoms with E-state index in [0.29, 0.717) is 31.1 Å². The van der Waals surface area contributed by atoms with Crippen molar-refractivity contribution in [2.24, 2.45) is 5.41 Å². The molecule has 0 radical (unpaired) electrons. The van der Waals surface area contributed by atoms with E-state index in [1.807, 2.05) is 40.8 Å². The molecule has 1 aliphatic carbocycles. The predicted octanol–water partition coefficient (Wildman–Crippen LogP) is 2.61. The Labute approximate surface area is 217 Å². The minimum absolute atomic E-state index is 0.0568. The maximum Gasteiger partial charge on any atom is 0.422 e. The summed E-state index contributed by atoms with van der Waals surface area (Å²) < 4.78 is 41.1. The lowest BCUT2D eigenvalue weighted by molar-refractivity contribution is 0.0567. The molecular formula is C25H35N5O6S.